The first-order chi connectivity index (χ1) is 11.2. The zero-order valence-electron chi connectivity index (χ0n) is 13.1. The Morgan fingerprint density at radius 1 is 1.13 bits per heavy atom. The fourth-order valence-electron chi connectivity index (χ4n) is 3.13. The number of carbonyl (C=O) groups is 1. The summed E-state index contributed by atoms with van der Waals surface area (Å²) in [6.45, 7) is 2.66. The lowest BCUT2D eigenvalue weighted by Gasteiger charge is -2.24. The van der Waals surface area contributed by atoms with Crippen molar-refractivity contribution in [3.8, 4) is 0 Å². The van der Waals surface area contributed by atoms with Crippen molar-refractivity contribution in [2.75, 3.05) is 6.54 Å². The molecule has 0 radical (unpaired) electrons. The summed E-state index contributed by atoms with van der Waals surface area (Å²) < 4.78 is 0. The molecular formula is C17H19N5O. The van der Waals surface area contributed by atoms with Crippen LogP contribution in [0.25, 0.3) is 0 Å². The molecule has 3 heterocycles. The Bertz CT molecular complexity index is 726. The van der Waals surface area contributed by atoms with E-state index in [0.717, 1.165) is 49.4 Å². The highest BCUT2D eigenvalue weighted by molar-refractivity contribution is 5.94. The molecule has 23 heavy (non-hydrogen) atoms. The molecule has 2 aliphatic rings. The van der Waals surface area contributed by atoms with E-state index in [1.165, 1.54) is 0 Å². The molecule has 6 heteroatoms. The van der Waals surface area contributed by atoms with E-state index < -0.39 is 0 Å². The Labute approximate surface area is 135 Å². The molecule has 0 bridgehead atoms. The van der Waals surface area contributed by atoms with Crippen LogP contribution >= 0.6 is 0 Å². The standard InChI is InChI=1S/C17H19N5O/c1-11-7-18-10-14(21-11)15-3-2-6-22(15)17(23)13-8-19-16(20-9-13)12-4-5-12/h7-10,12,15H,2-6H2,1H3/t15-/m0/s1. The fourth-order valence-corrected chi connectivity index (χ4v) is 3.13. The molecule has 4 rings (SSSR count). The maximum Gasteiger partial charge on any atom is 0.257 e. The van der Waals surface area contributed by atoms with Gasteiger partial charge in [-0.25, -0.2) is 9.97 Å². The van der Waals surface area contributed by atoms with Crippen molar-refractivity contribution in [1.82, 2.24) is 24.8 Å². The maximum atomic E-state index is 12.8. The van der Waals surface area contributed by atoms with E-state index in [-0.39, 0.29) is 11.9 Å². The van der Waals surface area contributed by atoms with Gasteiger partial charge in [0.15, 0.2) is 0 Å². The highest BCUT2D eigenvalue weighted by atomic mass is 16.2. The lowest BCUT2D eigenvalue weighted by atomic mass is 10.1. The number of aryl methyl sites for hydroxylation is 1. The zero-order chi connectivity index (χ0) is 15.8. The van der Waals surface area contributed by atoms with Gasteiger partial charge in [-0.2, -0.15) is 0 Å². The first-order valence-electron chi connectivity index (χ1n) is 8.14. The Hall–Kier alpha value is -2.37. The summed E-state index contributed by atoms with van der Waals surface area (Å²) in [7, 11) is 0. The average molecular weight is 309 g/mol. The molecule has 2 fully saturated rings. The molecule has 1 aliphatic carbocycles. The number of aromatic nitrogens is 4. The first-order valence-corrected chi connectivity index (χ1v) is 8.14. The Morgan fingerprint density at radius 2 is 1.91 bits per heavy atom. The van der Waals surface area contributed by atoms with Crippen molar-refractivity contribution in [1.29, 1.82) is 0 Å². The van der Waals surface area contributed by atoms with Crippen LogP contribution in [0, 0.1) is 6.92 Å². The van der Waals surface area contributed by atoms with Crippen LogP contribution in [0.15, 0.2) is 24.8 Å². The van der Waals surface area contributed by atoms with Crippen molar-refractivity contribution in [2.45, 2.75) is 44.6 Å². The van der Waals surface area contributed by atoms with Gasteiger partial charge < -0.3 is 4.90 Å². The van der Waals surface area contributed by atoms with Gasteiger partial charge in [-0.3, -0.25) is 14.8 Å². The van der Waals surface area contributed by atoms with Crippen LogP contribution in [0.2, 0.25) is 0 Å². The second kappa shape index (κ2) is 5.68. The van der Waals surface area contributed by atoms with E-state index in [9.17, 15) is 4.79 Å². The van der Waals surface area contributed by atoms with Gasteiger partial charge in [0.1, 0.15) is 5.82 Å². The number of hydrogen-bond donors (Lipinski definition) is 0. The number of carbonyl (C=O) groups excluding carboxylic acids is 1. The third kappa shape index (κ3) is 2.81. The van der Waals surface area contributed by atoms with E-state index in [1.807, 2.05) is 11.8 Å². The molecule has 1 amide bonds. The Balaban J connectivity index is 1.56. The third-order valence-electron chi connectivity index (χ3n) is 4.49. The van der Waals surface area contributed by atoms with Crippen LogP contribution in [0.1, 0.15) is 65.2 Å². The van der Waals surface area contributed by atoms with Crippen LogP contribution in [-0.4, -0.2) is 37.3 Å². The van der Waals surface area contributed by atoms with Crippen LogP contribution in [0.5, 0.6) is 0 Å². The number of amides is 1. The van der Waals surface area contributed by atoms with E-state index in [4.69, 9.17) is 0 Å². The summed E-state index contributed by atoms with van der Waals surface area (Å²) in [4.78, 5) is 32.1. The number of likely N-dealkylation sites (tertiary alicyclic amines) is 1. The summed E-state index contributed by atoms with van der Waals surface area (Å²) in [5.74, 6) is 1.35. The Kier molecular flexibility index (Phi) is 3.52. The predicted molar refractivity (Wildman–Crippen MR) is 83.8 cm³/mol. The molecule has 118 valence electrons. The van der Waals surface area contributed by atoms with E-state index in [2.05, 4.69) is 19.9 Å². The Morgan fingerprint density at radius 3 is 2.61 bits per heavy atom. The van der Waals surface area contributed by atoms with Gasteiger partial charge >= 0.3 is 0 Å². The molecule has 1 atom stereocenters. The summed E-state index contributed by atoms with van der Waals surface area (Å²) in [6, 6.07) is -0.00184. The highest BCUT2D eigenvalue weighted by Gasteiger charge is 2.32. The second-order valence-electron chi connectivity index (χ2n) is 6.35. The van der Waals surface area contributed by atoms with Crippen LogP contribution in [-0.2, 0) is 0 Å². The summed E-state index contributed by atoms with van der Waals surface area (Å²) in [6.07, 6.45) is 11.0. The van der Waals surface area contributed by atoms with Crippen molar-refractivity contribution in [2.24, 2.45) is 0 Å². The molecule has 2 aromatic rings. The first kappa shape index (κ1) is 14.2. The minimum Gasteiger partial charge on any atom is -0.330 e. The number of nitrogens with zero attached hydrogens (tertiary/aromatic N) is 5. The molecule has 0 spiro atoms. The molecule has 1 aliphatic heterocycles. The normalized spacial score (nSPS) is 20.7. The summed E-state index contributed by atoms with van der Waals surface area (Å²) in [5, 5.41) is 0. The quantitative estimate of drug-likeness (QED) is 0.870. The van der Waals surface area contributed by atoms with Crippen LogP contribution in [0.4, 0.5) is 0 Å². The van der Waals surface area contributed by atoms with Gasteiger partial charge in [0.25, 0.3) is 5.91 Å². The monoisotopic (exact) mass is 309 g/mol. The molecule has 0 aromatic carbocycles. The molecule has 0 N–H and O–H groups in total. The van der Waals surface area contributed by atoms with Crippen LogP contribution < -0.4 is 0 Å². The predicted octanol–water partition coefficient (Wildman–Crippen LogP) is 2.43. The van der Waals surface area contributed by atoms with Gasteiger partial charge in [0, 0.05) is 31.1 Å². The van der Waals surface area contributed by atoms with E-state index in [1.54, 1.807) is 24.8 Å². The second-order valence-corrected chi connectivity index (χ2v) is 6.35. The van der Waals surface area contributed by atoms with Crippen molar-refractivity contribution >= 4 is 5.91 Å². The van der Waals surface area contributed by atoms with Gasteiger partial charge in [-0.15, -0.1) is 0 Å². The van der Waals surface area contributed by atoms with E-state index >= 15 is 0 Å². The van der Waals surface area contributed by atoms with E-state index in [0.29, 0.717) is 11.5 Å². The molecule has 2 aromatic heterocycles. The van der Waals surface area contributed by atoms with Gasteiger partial charge in [-0.1, -0.05) is 0 Å². The lowest BCUT2D eigenvalue weighted by molar-refractivity contribution is 0.0731. The number of rotatable bonds is 3. The number of hydrogen-bond acceptors (Lipinski definition) is 5. The third-order valence-corrected chi connectivity index (χ3v) is 4.49. The minimum absolute atomic E-state index is 0.00184. The van der Waals surface area contributed by atoms with Gasteiger partial charge in [0.05, 0.1) is 29.2 Å². The van der Waals surface area contributed by atoms with Gasteiger partial charge in [0.2, 0.25) is 0 Å². The average Bonchev–Trinajstić information content (AvgIpc) is 3.31. The molecule has 1 saturated heterocycles. The highest BCUT2D eigenvalue weighted by Crippen LogP contribution is 2.37. The van der Waals surface area contributed by atoms with Crippen molar-refractivity contribution in [3.63, 3.8) is 0 Å². The summed E-state index contributed by atoms with van der Waals surface area (Å²) in [5.41, 5.74) is 2.30. The molecule has 6 nitrogen and oxygen atoms in total. The minimum atomic E-state index is -0.0156. The maximum absolute atomic E-state index is 12.8. The molecule has 0 unspecified atom stereocenters. The molecular weight excluding hydrogens is 290 g/mol. The zero-order valence-corrected chi connectivity index (χ0v) is 13.1. The fraction of sp³-hybridized carbons (Fsp3) is 0.471. The summed E-state index contributed by atoms with van der Waals surface area (Å²) >= 11 is 0. The van der Waals surface area contributed by atoms with Gasteiger partial charge in [-0.05, 0) is 32.6 Å². The van der Waals surface area contributed by atoms with Crippen molar-refractivity contribution < 1.29 is 4.79 Å². The SMILES string of the molecule is Cc1cncc([C@@H]2CCCN2C(=O)c2cnc(C3CC3)nc2)n1. The smallest absolute Gasteiger partial charge is 0.257 e. The largest absolute Gasteiger partial charge is 0.330 e. The lowest BCUT2D eigenvalue weighted by Crippen LogP contribution is -2.31. The topological polar surface area (TPSA) is 71.9 Å². The molecule has 1 saturated carbocycles. The van der Waals surface area contributed by atoms with Crippen LogP contribution in [0.3, 0.4) is 0 Å². The van der Waals surface area contributed by atoms with Crippen molar-refractivity contribution in [3.05, 3.63) is 47.6 Å².